The van der Waals surface area contributed by atoms with Crippen molar-refractivity contribution in [1.29, 1.82) is 5.26 Å². The summed E-state index contributed by atoms with van der Waals surface area (Å²) in [5, 5.41) is 24.3. The number of rotatable bonds is 9. The number of hydrogen-bond donors (Lipinski definition) is 3. The molecule has 10 heteroatoms. The van der Waals surface area contributed by atoms with E-state index in [1.54, 1.807) is 0 Å². The summed E-state index contributed by atoms with van der Waals surface area (Å²) in [5.74, 6) is 3.29. The molecule has 3 aliphatic heterocycles. The van der Waals surface area contributed by atoms with Gasteiger partial charge in [0.15, 0.2) is 5.82 Å². The molecule has 0 unspecified atom stereocenters. The standard InChI is InChI=1S/C27H34N8O2/c1-17-10-25(34-33-17)31-26-23-7-6-22(37-16-18-14-36-15-18)13-24(23)30-27(32-26)29-19-11-20-4-2-5-21(12-19)35(20)9-3-8-28/h6-7,10,13,18-21H,2-5,9,11-12,14-16H2,1H3,(H3,29,30,31,32,33,34)/t19-,20-,21+. The number of nitrogens with one attached hydrogen (secondary N) is 3. The van der Waals surface area contributed by atoms with Crippen LogP contribution in [0.5, 0.6) is 5.75 Å². The van der Waals surface area contributed by atoms with Crippen molar-refractivity contribution in [3.05, 3.63) is 30.0 Å². The fourth-order valence-corrected chi connectivity index (χ4v) is 5.88. The smallest absolute Gasteiger partial charge is 0.225 e. The Morgan fingerprint density at radius 3 is 2.73 bits per heavy atom. The second-order valence-electron chi connectivity index (χ2n) is 10.5. The maximum absolute atomic E-state index is 9.09. The molecule has 6 rings (SSSR count). The lowest BCUT2D eigenvalue weighted by Gasteiger charge is -2.48. The van der Waals surface area contributed by atoms with Crippen LogP contribution in [0.1, 0.15) is 44.2 Å². The van der Waals surface area contributed by atoms with Gasteiger partial charge in [-0.1, -0.05) is 6.42 Å². The zero-order valence-corrected chi connectivity index (χ0v) is 21.2. The highest BCUT2D eigenvalue weighted by molar-refractivity contribution is 5.92. The zero-order chi connectivity index (χ0) is 25.2. The number of benzene rings is 1. The summed E-state index contributed by atoms with van der Waals surface area (Å²) in [5.41, 5.74) is 1.80. The van der Waals surface area contributed by atoms with Crippen molar-refractivity contribution in [2.75, 3.05) is 37.0 Å². The summed E-state index contributed by atoms with van der Waals surface area (Å²) in [4.78, 5) is 12.4. The first-order valence-electron chi connectivity index (χ1n) is 13.3. The van der Waals surface area contributed by atoms with Crippen LogP contribution in [0.15, 0.2) is 24.3 Å². The number of anilines is 3. The second-order valence-corrected chi connectivity index (χ2v) is 10.5. The number of hydrogen-bond acceptors (Lipinski definition) is 9. The van der Waals surface area contributed by atoms with E-state index >= 15 is 0 Å². The third-order valence-electron chi connectivity index (χ3n) is 7.75. The molecule has 3 atom stereocenters. The third kappa shape index (κ3) is 5.33. The summed E-state index contributed by atoms with van der Waals surface area (Å²) in [6.07, 6.45) is 6.32. The predicted octanol–water partition coefficient (Wildman–Crippen LogP) is 4.14. The Labute approximate surface area is 216 Å². The molecule has 3 saturated heterocycles. The van der Waals surface area contributed by atoms with Gasteiger partial charge in [0.05, 0.1) is 31.4 Å². The van der Waals surface area contributed by atoms with Gasteiger partial charge >= 0.3 is 0 Å². The molecule has 3 fully saturated rings. The highest BCUT2D eigenvalue weighted by atomic mass is 16.5. The number of aromatic nitrogens is 4. The summed E-state index contributed by atoms with van der Waals surface area (Å²) in [7, 11) is 0. The topological polar surface area (TPSA) is 124 Å². The van der Waals surface area contributed by atoms with Gasteiger partial charge in [0.2, 0.25) is 5.95 Å². The summed E-state index contributed by atoms with van der Waals surface area (Å²) in [6.45, 7) is 5.01. The first-order valence-corrected chi connectivity index (χ1v) is 13.3. The molecule has 0 aliphatic carbocycles. The molecular formula is C27H34N8O2. The van der Waals surface area contributed by atoms with Crippen LogP contribution in [0.3, 0.4) is 0 Å². The average molecular weight is 503 g/mol. The Morgan fingerprint density at radius 2 is 2.03 bits per heavy atom. The number of fused-ring (bicyclic) bond motifs is 3. The van der Waals surface area contributed by atoms with Gasteiger partial charge in [-0.15, -0.1) is 0 Å². The highest BCUT2D eigenvalue weighted by Gasteiger charge is 2.38. The first-order chi connectivity index (χ1) is 18.1. The summed E-state index contributed by atoms with van der Waals surface area (Å²) in [6, 6.07) is 11.6. The molecule has 0 spiro atoms. The summed E-state index contributed by atoms with van der Waals surface area (Å²) >= 11 is 0. The number of H-pyrrole nitrogens is 1. The zero-order valence-electron chi connectivity index (χ0n) is 21.2. The Hall–Kier alpha value is -3.42. The number of piperidine rings is 2. The van der Waals surface area contributed by atoms with Crippen molar-refractivity contribution in [3.8, 4) is 11.8 Å². The number of ether oxygens (including phenoxy) is 2. The van der Waals surface area contributed by atoms with Crippen molar-refractivity contribution in [1.82, 2.24) is 25.1 Å². The first kappa shape index (κ1) is 23.9. The molecule has 194 valence electrons. The van der Waals surface area contributed by atoms with Crippen molar-refractivity contribution in [2.24, 2.45) is 5.92 Å². The Bertz CT molecular complexity index is 1270. The van der Waals surface area contributed by atoms with Crippen LogP contribution >= 0.6 is 0 Å². The van der Waals surface area contributed by atoms with E-state index in [4.69, 9.17) is 24.7 Å². The number of nitriles is 1. The molecule has 3 aromatic rings. The molecule has 1 aromatic carbocycles. The SMILES string of the molecule is Cc1cc(Nc2nc(N[C@@H]3C[C@H]4CCC[C@@H](C3)N4CCC#N)nc3cc(OCC4COC4)ccc23)n[nH]1. The van der Waals surface area contributed by atoms with Gasteiger partial charge in [0.25, 0.3) is 0 Å². The van der Waals surface area contributed by atoms with E-state index in [1.807, 2.05) is 31.2 Å². The van der Waals surface area contributed by atoms with Gasteiger partial charge in [-0.25, -0.2) is 4.98 Å². The van der Waals surface area contributed by atoms with Gasteiger partial charge in [0, 0.05) is 60.2 Å². The van der Waals surface area contributed by atoms with Crippen molar-refractivity contribution in [2.45, 2.75) is 63.6 Å². The van der Waals surface area contributed by atoms with Crippen molar-refractivity contribution < 1.29 is 9.47 Å². The monoisotopic (exact) mass is 502 g/mol. The molecule has 0 radical (unpaired) electrons. The van der Waals surface area contributed by atoms with Gasteiger partial charge in [0.1, 0.15) is 11.6 Å². The number of aromatic amines is 1. The molecule has 0 saturated carbocycles. The molecule has 3 aliphatic rings. The molecule has 10 nitrogen and oxygen atoms in total. The fourth-order valence-electron chi connectivity index (χ4n) is 5.88. The molecule has 0 amide bonds. The Balaban J connectivity index is 1.25. The van der Waals surface area contributed by atoms with E-state index in [-0.39, 0.29) is 0 Å². The summed E-state index contributed by atoms with van der Waals surface area (Å²) < 4.78 is 11.3. The van der Waals surface area contributed by atoms with Crippen LogP contribution in [0.25, 0.3) is 10.9 Å². The Kier molecular flexibility index (Phi) is 6.81. The Morgan fingerprint density at radius 1 is 1.19 bits per heavy atom. The van der Waals surface area contributed by atoms with Gasteiger partial charge in [-0.2, -0.15) is 15.3 Å². The third-order valence-corrected chi connectivity index (χ3v) is 7.75. The normalized spacial score (nSPS) is 23.8. The van der Waals surface area contributed by atoms with Crippen molar-refractivity contribution >= 4 is 28.5 Å². The van der Waals surface area contributed by atoms with Gasteiger partial charge in [-0.05, 0) is 44.7 Å². The van der Waals surface area contributed by atoms with Crippen LogP contribution in [0, 0.1) is 24.2 Å². The molecule has 3 N–H and O–H groups in total. The van der Waals surface area contributed by atoms with E-state index in [1.165, 1.54) is 19.3 Å². The van der Waals surface area contributed by atoms with E-state index in [0.717, 1.165) is 54.9 Å². The van der Waals surface area contributed by atoms with E-state index < -0.39 is 0 Å². The lowest BCUT2D eigenvalue weighted by Crippen LogP contribution is -2.55. The lowest BCUT2D eigenvalue weighted by molar-refractivity contribution is -0.0508. The molecule has 2 aromatic heterocycles. The van der Waals surface area contributed by atoms with E-state index in [2.05, 4.69) is 31.8 Å². The number of nitrogens with zero attached hydrogens (tertiary/aromatic N) is 5. The van der Waals surface area contributed by atoms with Crippen LogP contribution in [0.2, 0.25) is 0 Å². The minimum atomic E-state index is 0.296. The van der Waals surface area contributed by atoms with Crippen molar-refractivity contribution in [3.63, 3.8) is 0 Å². The molecule has 5 heterocycles. The van der Waals surface area contributed by atoms with Gasteiger partial charge < -0.3 is 20.1 Å². The second kappa shape index (κ2) is 10.5. The van der Waals surface area contributed by atoms with E-state index in [9.17, 15) is 0 Å². The predicted molar refractivity (Wildman–Crippen MR) is 141 cm³/mol. The quantitative estimate of drug-likeness (QED) is 0.396. The average Bonchev–Trinajstić information content (AvgIpc) is 3.26. The largest absolute Gasteiger partial charge is 0.493 e. The van der Waals surface area contributed by atoms with Crippen LogP contribution in [0.4, 0.5) is 17.6 Å². The van der Waals surface area contributed by atoms with Crippen LogP contribution in [-0.4, -0.2) is 69.6 Å². The van der Waals surface area contributed by atoms with E-state index in [0.29, 0.717) is 54.7 Å². The van der Waals surface area contributed by atoms with Gasteiger partial charge in [-0.3, -0.25) is 10.00 Å². The lowest BCUT2D eigenvalue weighted by atomic mass is 9.81. The maximum Gasteiger partial charge on any atom is 0.225 e. The maximum atomic E-state index is 9.09. The van der Waals surface area contributed by atoms with Crippen LogP contribution < -0.4 is 15.4 Å². The highest BCUT2D eigenvalue weighted by Crippen LogP contribution is 2.36. The minimum Gasteiger partial charge on any atom is -0.493 e. The van der Waals surface area contributed by atoms with Crippen LogP contribution in [-0.2, 0) is 4.74 Å². The molecule has 37 heavy (non-hydrogen) atoms. The number of aryl methyl sites for hydroxylation is 1. The fraction of sp³-hybridized carbons (Fsp3) is 0.556. The molecule has 2 bridgehead atoms. The minimum absolute atomic E-state index is 0.296. The molecular weight excluding hydrogens is 468 g/mol.